The van der Waals surface area contributed by atoms with Crippen molar-refractivity contribution in [1.29, 1.82) is 0 Å². The third-order valence-corrected chi connectivity index (χ3v) is 3.98. The summed E-state index contributed by atoms with van der Waals surface area (Å²) in [6.07, 6.45) is 1.74. The molecule has 2 aromatic rings. The Labute approximate surface area is 147 Å². The molecule has 26 heavy (non-hydrogen) atoms. The molecule has 1 fully saturated rings. The predicted octanol–water partition coefficient (Wildman–Crippen LogP) is 3.86. The van der Waals surface area contributed by atoms with Crippen molar-refractivity contribution < 1.29 is 27.1 Å². The molecule has 1 N–H and O–H groups in total. The van der Waals surface area contributed by atoms with E-state index < -0.39 is 35.8 Å². The van der Waals surface area contributed by atoms with E-state index >= 15 is 0 Å². The number of amides is 1. The van der Waals surface area contributed by atoms with Crippen molar-refractivity contribution in [2.45, 2.75) is 12.8 Å². The summed E-state index contributed by atoms with van der Waals surface area (Å²) in [5, 5.41) is 2.28. The highest BCUT2D eigenvalue weighted by Crippen LogP contribution is 2.29. The van der Waals surface area contributed by atoms with Gasteiger partial charge in [-0.1, -0.05) is 0 Å². The summed E-state index contributed by atoms with van der Waals surface area (Å²) in [4.78, 5) is 13.5. The van der Waals surface area contributed by atoms with Gasteiger partial charge in [0, 0.05) is 24.8 Å². The lowest BCUT2D eigenvalue weighted by atomic mass is 10.2. The normalized spacial score (nSPS) is 13.8. The maximum absolute atomic E-state index is 14.2. The Hall–Kier alpha value is -2.77. The standard InChI is InChI=1S/C18H16F4N2O2/c19-11-3-4-16(13(20)7-11)26-10-17(25)23-12-8-14(21)18(15(22)9-12)24-5-1-2-6-24/h3-4,7-9H,1-2,5-6,10H2,(H,23,25). The van der Waals surface area contributed by atoms with Crippen molar-refractivity contribution in [3.8, 4) is 5.75 Å². The van der Waals surface area contributed by atoms with Crippen LogP contribution in [0.25, 0.3) is 0 Å². The number of ether oxygens (including phenoxy) is 1. The molecule has 0 bridgehead atoms. The molecule has 1 heterocycles. The van der Waals surface area contributed by atoms with E-state index in [0.29, 0.717) is 19.2 Å². The lowest BCUT2D eigenvalue weighted by Crippen LogP contribution is -2.22. The zero-order chi connectivity index (χ0) is 18.7. The van der Waals surface area contributed by atoms with Crippen molar-refractivity contribution in [1.82, 2.24) is 0 Å². The molecule has 0 spiro atoms. The summed E-state index contributed by atoms with van der Waals surface area (Å²) in [6, 6.07) is 4.69. The molecule has 1 aliphatic heterocycles. The van der Waals surface area contributed by atoms with Gasteiger partial charge >= 0.3 is 0 Å². The Kier molecular flexibility index (Phi) is 5.29. The summed E-state index contributed by atoms with van der Waals surface area (Å²) in [5.74, 6) is -4.31. The van der Waals surface area contributed by atoms with Crippen LogP contribution < -0.4 is 15.0 Å². The van der Waals surface area contributed by atoms with Crippen molar-refractivity contribution >= 4 is 17.3 Å². The van der Waals surface area contributed by atoms with E-state index in [4.69, 9.17) is 4.74 Å². The molecular formula is C18H16F4N2O2. The van der Waals surface area contributed by atoms with Crippen LogP contribution in [0.3, 0.4) is 0 Å². The lowest BCUT2D eigenvalue weighted by molar-refractivity contribution is -0.118. The Morgan fingerprint density at radius 2 is 1.65 bits per heavy atom. The fourth-order valence-electron chi connectivity index (χ4n) is 2.81. The summed E-state index contributed by atoms with van der Waals surface area (Å²) in [7, 11) is 0. The second-order valence-corrected chi connectivity index (χ2v) is 5.89. The van der Waals surface area contributed by atoms with Crippen molar-refractivity contribution in [3.63, 3.8) is 0 Å². The van der Waals surface area contributed by atoms with Crippen LogP contribution in [0.15, 0.2) is 30.3 Å². The smallest absolute Gasteiger partial charge is 0.262 e. The third kappa shape index (κ3) is 4.07. The van der Waals surface area contributed by atoms with Gasteiger partial charge in [0.1, 0.15) is 11.5 Å². The first-order valence-corrected chi connectivity index (χ1v) is 8.06. The van der Waals surface area contributed by atoms with E-state index in [0.717, 1.165) is 37.1 Å². The second kappa shape index (κ2) is 7.63. The Morgan fingerprint density at radius 1 is 1.00 bits per heavy atom. The number of nitrogens with one attached hydrogen (secondary N) is 1. The summed E-state index contributed by atoms with van der Waals surface area (Å²) < 4.78 is 59.6. The van der Waals surface area contributed by atoms with Crippen LogP contribution in [0.1, 0.15) is 12.8 Å². The lowest BCUT2D eigenvalue weighted by Gasteiger charge is -2.19. The minimum Gasteiger partial charge on any atom is -0.481 e. The molecule has 1 saturated heterocycles. The molecule has 2 aromatic carbocycles. The Morgan fingerprint density at radius 3 is 2.27 bits per heavy atom. The first-order chi connectivity index (χ1) is 12.4. The zero-order valence-electron chi connectivity index (χ0n) is 13.7. The fraction of sp³-hybridized carbons (Fsp3) is 0.278. The average Bonchev–Trinajstić information content (AvgIpc) is 3.07. The van der Waals surface area contributed by atoms with Gasteiger partial charge in [0.25, 0.3) is 5.91 Å². The second-order valence-electron chi connectivity index (χ2n) is 5.89. The van der Waals surface area contributed by atoms with Crippen LogP contribution in [0.4, 0.5) is 28.9 Å². The van der Waals surface area contributed by atoms with Gasteiger partial charge in [-0.25, -0.2) is 17.6 Å². The molecule has 1 aliphatic rings. The van der Waals surface area contributed by atoms with Crippen molar-refractivity contribution in [3.05, 3.63) is 53.6 Å². The molecule has 0 unspecified atom stereocenters. The van der Waals surface area contributed by atoms with Crippen LogP contribution >= 0.6 is 0 Å². The maximum atomic E-state index is 14.2. The minimum atomic E-state index is -0.954. The predicted molar refractivity (Wildman–Crippen MR) is 88.3 cm³/mol. The van der Waals surface area contributed by atoms with E-state index in [-0.39, 0.29) is 17.1 Å². The number of nitrogens with zero attached hydrogens (tertiary/aromatic N) is 1. The SMILES string of the molecule is O=C(COc1ccc(F)cc1F)Nc1cc(F)c(N2CCCC2)c(F)c1. The molecule has 0 aromatic heterocycles. The van der Waals surface area contributed by atoms with Crippen LogP contribution in [-0.4, -0.2) is 25.6 Å². The molecule has 0 saturated carbocycles. The molecule has 3 rings (SSSR count). The first kappa shape index (κ1) is 18.0. The van der Waals surface area contributed by atoms with Gasteiger partial charge in [-0.15, -0.1) is 0 Å². The van der Waals surface area contributed by atoms with Crippen molar-refractivity contribution in [2.24, 2.45) is 0 Å². The fourth-order valence-corrected chi connectivity index (χ4v) is 2.81. The highest BCUT2D eigenvalue weighted by molar-refractivity contribution is 5.92. The molecule has 4 nitrogen and oxygen atoms in total. The van der Waals surface area contributed by atoms with E-state index in [1.54, 1.807) is 4.90 Å². The van der Waals surface area contributed by atoms with Gasteiger partial charge in [0.2, 0.25) is 0 Å². The third-order valence-electron chi connectivity index (χ3n) is 3.98. The Bertz CT molecular complexity index is 800. The van der Waals surface area contributed by atoms with Gasteiger partial charge in [-0.3, -0.25) is 4.79 Å². The van der Waals surface area contributed by atoms with Gasteiger partial charge in [-0.05, 0) is 37.1 Å². The number of carbonyl (C=O) groups excluding carboxylic acids is 1. The molecule has 1 amide bonds. The number of carbonyl (C=O) groups is 1. The van der Waals surface area contributed by atoms with Gasteiger partial charge in [-0.2, -0.15) is 0 Å². The topological polar surface area (TPSA) is 41.6 Å². The van der Waals surface area contributed by atoms with Crippen LogP contribution in [0, 0.1) is 23.3 Å². The summed E-state index contributed by atoms with van der Waals surface area (Å²) in [6.45, 7) is 0.562. The minimum absolute atomic E-state index is 0.0730. The quantitative estimate of drug-likeness (QED) is 0.815. The summed E-state index contributed by atoms with van der Waals surface area (Å²) in [5.41, 5.74) is -0.179. The number of halogens is 4. The zero-order valence-corrected chi connectivity index (χ0v) is 13.7. The highest BCUT2D eigenvalue weighted by Gasteiger charge is 2.21. The van der Waals surface area contributed by atoms with E-state index in [1.165, 1.54) is 0 Å². The first-order valence-electron chi connectivity index (χ1n) is 8.06. The molecular weight excluding hydrogens is 352 g/mol. The number of anilines is 2. The summed E-state index contributed by atoms with van der Waals surface area (Å²) >= 11 is 0. The van der Waals surface area contributed by atoms with Gasteiger partial charge in [0.05, 0.1) is 0 Å². The van der Waals surface area contributed by atoms with Gasteiger partial charge < -0.3 is 15.0 Å². The molecule has 8 heteroatoms. The largest absolute Gasteiger partial charge is 0.481 e. The van der Waals surface area contributed by atoms with E-state index in [2.05, 4.69) is 5.32 Å². The average molecular weight is 368 g/mol. The molecule has 138 valence electrons. The number of hydrogen-bond donors (Lipinski definition) is 1. The van der Waals surface area contributed by atoms with Crippen LogP contribution in [-0.2, 0) is 4.79 Å². The molecule has 0 radical (unpaired) electrons. The monoisotopic (exact) mass is 368 g/mol. The van der Waals surface area contributed by atoms with Crippen molar-refractivity contribution in [2.75, 3.05) is 29.9 Å². The number of hydrogen-bond acceptors (Lipinski definition) is 3. The van der Waals surface area contributed by atoms with E-state index in [9.17, 15) is 22.4 Å². The van der Waals surface area contributed by atoms with Crippen LogP contribution in [0.2, 0.25) is 0 Å². The number of benzene rings is 2. The van der Waals surface area contributed by atoms with E-state index in [1.807, 2.05) is 0 Å². The van der Waals surface area contributed by atoms with Gasteiger partial charge in [0.15, 0.2) is 29.8 Å². The molecule has 0 atom stereocenters. The number of rotatable bonds is 5. The molecule has 0 aliphatic carbocycles. The van der Waals surface area contributed by atoms with Crippen LogP contribution in [0.5, 0.6) is 5.75 Å². The maximum Gasteiger partial charge on any atom is 0.262 e. The highest BCUT2D eigenvalue weighted by atomic mass is 19.1. The Balaban J connectivity index is 1.63.